The van der Waals surface area contributed by atoms with Gasteiger partial charge < -0.3 is 4.74 Å². The SMILES string of the molecule is CCCc1ccc(C(=O)C(CC)OCC)cc1. The lowest BCUT2D eigenvalue weighted by molar-refractivity contribution is 0.0444. The Balaban J connectivity index is 2.74. The molecule has 0 radical (unpaired) electrons. The molecule has 1 aromatic carbocycles. The van der Waals surface area contributed by atoms with E-state index in [1.54, 1.807) is 0 Å². The summed E-state index contributed by atoms with van der Waals surface area (Å²) in [4.78, 5) is 12.1. The second kappa shape index (κ2) is 7.23. The molecule has 1 aromatic rings. The molecule has 17 heavy (non-hydrogen) atoms. The molecule has 2 heteroatoms. The van der Waals surface area contributed by atoms with Crippen molar-refractivity contribution >= 4 is 5.78 Å². The Morgan fingerprint density at radius 1 is 1.18 bits per heavy atom. The van der Waals surface area contributed by atoms with E-state index >= 15 is 0 Å². The molecular weight excluding hydrogens is 212 g/mol. The Labute approximate surface area is 104 Å². The van der Waals surface area contributed by atoms with Crippen molar-refractivity contribution in [2.75, 3.05) is 6.61 Å². The van der Waals surface area contributed by atoms with Crippen LogP contribution in [0.15, 0.2) is 24.3 Å². The van der Waals surface area contributed by atoms with Gasteiger partial charge in [-0.2, -0.15) is 0 Å². The number of carbonyl (C=O) groups is 1. The number of hydrogen-bond acceptors (Lipinski definition) is 2. The van der Waals surface area contributed by atoms with Crippen LogP contribution in [0.25, 0.3) is 0 Å². The Hall–Kier alpha value is -1.15. The van der Waals surface area contributed by atoms with Crippen molar-refractivity contribution in [1.29, 1.82) is 0 Å². The fourth-order valence-electron chi connectivity index (χ4n) is 1.89. The minimum atomic E-state index is -0.294. The molecule has 2 nitrogen and oxygen atoms in total. The molecule has 0 spiro atoms. The van der Waals surface area contributed by atoms with Gasteiger partial charge in [0.05, 0.1) is 0 Å². The smallest absolute Gasteiger partial charge is 0.191 e. The minimum Gasteiger partial charge on any atom is -0.370 e. The van der Waals surface area contributed by atoms with Crippen molar-refractivity contribution in [3.63, 3.8) is 0 Å². The summed E-state index contributed by atoms with van der Waals surface area (Å²) in [6.07, 6.45) is 2.63. The number of benzene rings is 1. The molecule has 94 valence electrons. The quantitative estimate of drug-likeness (QED) is 0.673. The maximum absolute atomic E-state index is 12.1. The first-order valence-corrected chi connectivity index (χ1v) is 6.47. The Morgan fingerprint density at radius 2 is 1.82 bits per heavy atom. The van der Waals surface area contributed by atoms with Crippen LogP contribution in [0.2, 0.25) is 0 Å². The van der Waals surface area contributed by atoms with Crippen LogP contribution < -0.4 is 0 Å². The van der Waals surface area contributed by atoms with Gasteiger partial charge in [-0.1, -0.05) is 44.5 Å². The lowest BCUT2D eigenvalue weighted by Crippen LogP contribution is -2.23. The van der Waals surface area contributed by atoms with Crippen LogP contribution in [0.1, 0.15) is 49.5 Å². The number of rotatable bonds is 7. The lowest BCUT2D eigenvalue weighted by Gasteiger charge is -2.13. The summed E-state index contributed by atoms with van der Waals surface area (Å²) in [5, 5.41) is 0. The van der Waals surface area contributed by atoms with Crippen LogP contribution in [0.4, 0.5) is 0 Å². The summed E-state index contributed by atoms with van der Waals surface area (Å²) in [7, 11) is 0. The highest BCUT2D eigenvalue weighted by Gasteiger charge is 2.17. The zero-order valence-corrected chi connectivity index (χ0v) is 11.0. The average Bonchev–Trinajstić information content (AvgIpc) is 2.36. The second-order valence-electron chi connectivity index (χ2n) is 4.16. The normalized spacial score (nSPS) is 12.4. The van der Waals surface area contributed by atoms with Crippen LogP contribution in [0.3, 0.4) is 0 Å². The first kappa shape index (κ1) is 13.9. The van der Waals surface area contributed by atoms with Gasteiger partial charge >= 0.3 is 0 Å². The maximum atomic E-state index is 12.1. The predicted octanol–water partition coefficient (Wildman–Crippen LogP) is 3.64. The molecule has 1 rings (SSSR count). The van der Waals surface area contributed by atoms with Gasteiger partial charge in [-0.05, 0) is 25.3 Å². The third-order valence-electron chi connectivity index (χ3n) is 2.81. The van der Waals surface area contributed by atoms with Crippen LogP contribution in [0.5, 0.6) is 0 Å². The van der Waals surface area contributed by atoms with E-state index in [0.29, 0.717) is 6.61 Å². The molecular formula is C15H22O2. The van der Waals surface area contributed by atoms with Crippen LogP contribution in [0, 0.1) is 0 Å². The third-order valence-corrected chi connectivity index (χ3v) is 2.81. The van der Waals surface area contributed by atoms with Crippen LogP contribution in [-0.4, -0.2) is 18.5 Å². The van der Waals surface area contributed by atoms with Gasteiger partial charge in [0.1, 0.15) is 6.10 Å². The van der Waals surface area contributed by atoms with E-state index in [-0.39, 0.29) is 11.9 Å². The molecule has 0 amide bonds. The molecule has 1 atom stereocenters. The van der Waals surface area contributed by atoms with E-state index in [1.165, 1.54) is 5.56 Å². The standard InChI is InChI=1S/C15H22O2/c1-4-7-12-8-10-13(11-9-12)15(16)14(5-2)17-6-3/h8-11,14H,4-7H2,1-3H3. The van der Waals surface area contributed by atoms with E-state index in [2.05, 4.69) is 6.92 Å². The van der Waals surface area contributed by atoms with Crippen molar-refractivity contribution in [2.45, 2.75) is 46.1 Å². The molecule has 0 aliphatic carbocycles. The monoisotopic (exact) mass is 234 g/mol. The van der Waals surface area contributed by atoms with Crippen LogP contribution in [-0.2, 0) is 11.2 Å². The molecule has 0 N–H and O–H groups in total. The molecule has 0 saturated heterocycles. The third kappa shape index (κ3) is 3.97. The van der Waals surface area contributed by atoms with E-state index < -0.39 is 0 Å². The molecule has 0 fully saturated rings. The van der Waals surface area contributed by atoms with Gasteiger partial charge in [0.25, 0.3) is 0 Å². The number of Topliss-reactive ketones (excluding diaryl/α,β-unsaturated/α-hetero) is 1. The largest absolute Gasteiger partial charge is 0.370 e. The van der Waals surface area contributed by atoms with Crippen molar-refractivity contribution in [1.82, 2.24) is 0 Å². The molecule has 0 aromatic heterocycles. The highest BCUT2D eigenvalue weighted by molar-refractivity contribution is 5.99. The van der Waals surface area contributed by atoms with E-state index in [1.807, 2.05) is 38.1 Å². The molecule has 0 aliphatic heterocycles. The van der Waals surface area contributed by atoms with E-state index in [4.69, 9.17) is 4.74 Å². The van der Waals surface area contributed by atoms with Crippen LogP contribution >= 0.6 is 0 Å². The highest BCUT2D eigenvalue weighted by Crippen LogP contribution is 2.12. The summed E-state index contributed by atoms with van der Waals surface area (Å²) in [6, 6.07) is 7.90. The van der Waals surface area contributed by atoms with Crippen molar-refractivity contribution in [3.05, 3.63) is 35.4 Å². The van der Waals surface area contributed by atoms with Gasteiger partial charge in [0.15, 0.2) is 5.78 Å². The van der Waals surface area contributed by atoms with Crippen molar-refractivity contribution in [2.24, 2.45) is 0 Å². The van der Waals surface area contributed by atoms with Crippen molar-refractivity contribution in [3.8, 4) is 0 Å². The van der Waals surface area contributed by atoms with Gasteiger partial charge in [-0.15, -0.1) is 0 Å². The zero-order valence-electron chi connectivity index (χ0n) is 11.0. The Morgan fingerprint density at radius 3 is 2.29 bits per heavy atom. The molecule has 1 unspecified atom stereocenters. The lowest BCUT2D eigenvalue weighted by atomic mass is 10.0. The fourth-order valence-corrected chi connectivity index (χ4v) is 1.89. The van der Waals surface area contributed by atoms with E-state index in [9.17, 15) is 4.79 Å². The average molecular weight is 234 g/mol. The predicted molar refractivity (Wildman–Crippen MR) is 70.5 cm³/mol. The zero-order chi connectivity index (χ0) is 12.7. The molecule has 0 saturated carbocycles. The van der Waals surface area contributed by atoms with Gasteiger partial charge in [-0.3, -0.25) is 4.79 Å². The number of hydrogen-bond donors (Lipinski definition) is 0. The molecule has 0 bridgehead atoms. The number of ether oxygens (including phenoxy) is 1. The number of ketones is 1. The fraction of sp³-hybridized carbons (Fsp3) is 0.533. The van der Waals surface area contributed by atoms with E-state index in [0.717, 1.165) is 24.8 Å². The summed E-state index contributed by atoms with van der Waals surface area (Å²) in [6.45, 7) is 6.63. The molecule has 0 aliphatic rings. The summed E-state index contributed by atoms with van der Waals surface area (Å²) < 4.78 is 5.44. The summed E-state index contributed by atoms with van der Waals surface area (Å²) >= 11 is 0. The topological polar surface area (TPSA) is 26.3 Å². The summed E-state index contributed by atoms with van der Waals surface area (Å²) in [5.74, 6) is 0.0948. The second-order valence-corrected chi connectivity index (χ2v) is 4.16. The van der Waals surface area contributed by atoms with Gasteiger partial charge in [0, 0.05) is 12.2 Å². The van der Waals surface area contributed by atoms with Gasteiger partial charge in [-0.25, -0.2) is 0 Å². The number of carbonyl (C=O) groups excluding carboxylic acids is 1. The van der Waals surface area contributed by atoms with Gasteiger partial charge in [0.2, 0.25) is 0 Å². The molecule has 0 heterocycles. The first-order valence-electron chi connectivity index (χ1n) is 6.47. The van der Waals surface area contributed by atoms with Crippen molar-refractivity contribution < 1.29 is 9.53 Å². The summed E-state index contributed by atoms with van der Waals surface area (Å²) in [5.41, 5.74) is 2.04. The number of aryl methyl sites for hydroxylation is 1. The maximum Gasteiger partial charge on any atom is 0.191 e. The Bertz CT molecular complexity index is 340. The Kier molecular flexibility index (Phi) is 5.92. The minimum absolute atomic E-state index is 0.0948. The highest BCUT2D eigenvalue weighted by atomic mass is 16.5. The first-order chi connectivity index (χ1) is 8.22.